The number of nitrogens with zero attached hydrogens (tertiary/aromatic N) is 3. The Kier molecular flexibility index (Phi) is 3.91. The minimum absolute atomic E-state index is 0.0296. The summed E-state index contributed by atoms with van der Waals surface area (Å²) in [6.07, 6.45) is 5.36. The van der Waals surface area contributed by atoms with Gasteiger partial charge in [0.15, 0.2) is 0 Å². The summed E-state index contributed by atoms with van der Waals surface area (Å²) >= 11 is 3.36. The minimum Gasteiger partial charge on any atom is -0.323 e. The molecular formula is C12H15BrN4. The Balaban J connectivity index is 1.95. The van der Waals surface area contributed by atoms with Crippen LogP contribution in [0.25, 0.3) is 0 Å². The summed E-state index contributed by atoms with van der Waals surface area (Å²) in [5, 5.41) is 4.13. The van der Waals surface area contributed by atoms with E-state index in [1.54, 1.807) is 12.4 Å². The summed E-state index contributed by atoms with van der Waals surface area (Å²) in [5.41, 5.74) is 8.22. The molecule has 0 bridgehead atoms. The Morgan fingerprint density at radius 3 is 2.82 bits per heavy atom. The van der Waals surface area contributed by atoms with Gasteiger partial charge in [-0.25, -0.2) is 0 Å². The van der Waals surface area contributed by atoms with Gasteiger partial charge in [-0.3, -0.25) is 9.67 Å². The van der Waals surface area contributed by atoms with Gasteiger partial charge in [-0.05, 0) is 47.0 Å². The maximum absolute atomic E-state index is 6.10. The first-order valence-electron chi connectivity index (χ1n) is 5.50. The fourth-order valence-corrected chi connectivity index (χ4v) is 1.94. The van der Waals surface area contributed by atoms with E-state index in [4.69, 9.17) is 5.73 Å². The topological polar surface area (TPSA) is 56.7 Å². The van der Waals surface area contributed by atoms with Gasteiger partial charge in [0.1, 0.15) is 0 Å². The van der Waals surface area contributed by atoms with Gasteiger partial charge in [0.2, 0.25) is 0 Å². The monoisotopic (exact) mass is 294 g/mol. The fourth-order valence-electron chi connectivity index (χ4n) is 1.70. The third kappa shape index (κ3) is 3.14. The maximum atomic E-state index is 6.10. The molecule has 0 fully saturated rings. The zero-order chi connectivity index (χ0) is 12.3. The third-order valence-electron chi connectivity index (χ3n) is 2.76. The van der Waals surface area contributed by atoms with E-state index in [9.17, 15) is 0 Å². The number of hydrogen-bond donors (Lipinski definition) is 1. The zero-order valence-corrected chi connectivity index (χ0v) is 11.3. The highest BCUT2D eigenvalue weighted by atomic mass is 79.9. The zero-order valence-electron chi connectivity index (χ0n) is 9.68. The summed E-state index contributed by atoms with van der Waals surface area (Å²) in [6.45, 7) is 0. The second-order valence-corrected chi connectivity index (χ2v) is 4.91. The Hall–Kier alpha value is -1.20. The molecular weight excluding hydrogens is 280 g/mol. The predicted octanol–water partition coefficient (Wildman–Crippen LogP) is 2.21. The van der Waals surface area contributed by atoms with Gasteiger partial charge >= 0.3 is 0 Å². The highest BCUT2D eigenvalue weighted by Gasteiger charge is 2.08. The molecule has 0 aliphatic heterocycles. The summed E-state index contributed by atoms with van der Waals surface area (Å²) in [4.78, 5) is 4.31. The summed E-state index contributed by atoms with van der Waals surface area (Å²) < 4.78 is 2.85. The normalized spacial score (nSPS) is 12.6. The van der Waals surface area contributed by atoms with Crippen molar-refractivity contribution >= 4 is 15.9 Å². The molecule has 0 saturated heterocycles. The van der Waals surface area contributed by atoms with Crippen molar-refractivity contribution in [3.05, 3.63) is 46.5 Å². The molecule has 2 N–H and O–H groups in total. The maximum Gasteiger partial charge on any atom is 0.0571 e. The lowest BCUT2D eigenvalue weighted by molar-refractivity contribution is 0.602. The minimum atomic E-state index is -0.0296. The lowest BCUT2D eigenvalue weighted by Crippen LogP contribution is -2.13. The van der Waals surface area contributed by atoms with Crippen molar-refractivity contribution < 1.29 is 0 Å². The van der Waals surface area contributed by atoms with Crippen LogP contribution in [0.5, 0.6) is 0 Å². The van der Waals surface area contributed by atoms with Crippen LogP contribution >= 0.6 is 15.9 Å². The highest BCUT2D eigenvalue weighted by Crippen LogP contribution is 2.16. The molecule has 0 aromatic carbocycles. The van der Waals surface area contributed by atoms with E-state index >= 15 is 0 Å². The Morgan fingerprint density at radius 1 is 1.41 bits per heavy atom. The first kappa shape index (κ1) is 12.3. The quantitative estimate of drug-likeness (QED) is 0.941. The van der Waals surface area contributed by atoms with E-state index in [2.05, 4.69) is 26.0 Å². The van der Waals surface area contributed by atoms with Gasteiger partial charge in [-0.2, -0.15) is 5.10 Å². The van der Waals surface area contributed by atoms with Gasteiger partial charge in [-0.1, -0.05) is 0 Å². The van der Waals surface area contributed by atoms with Crippen molar-refractivity contribution in [1.29, 1.82) is 0 Å². The number of pyridine rings is 1. The van der Waals surface area contributed by atoms with Crippen LogP contribution in [-0.4, -0.2) is 14.8 Å². The standard InChI is InChI=1S/C12H15BrN4/c1-17-10(6-7-16-17)3-4-11(14)12-5-2-9(13)8-15-12/h2,5-8,11H,3-4,14H2,1H3. The van der Waals surface area contributed by atoms with Crippen molar-refractivity contribution in [2.45, 2.75) is 18.9 Å². The molecule has 5 heteroatoms. The van der Waals surface area contributed by atoms with Gasteiger partial charge in [0.05, 0.1) is 5.69 Å². The molecule has 2 heterocycles. The first-order chi connectivity index (χ1) is 8.16. The van der Waals surface area contributed by atoms with Gasteiger partial charge < -0.3 is 5.73 Å². The van der Waals surface area contributed by atoms with E-state index in [1.807, 2.05) is 29.9 Å². The molecule has 4 nitrogen and oxygen atoms in total. The number of aromatic nitrogens is 3. The lowest BCUT2D eigenvalue weighted by Gasteiger charge is -2.11. The first-order valence-corrected chi connectivity index (χ1v) is 6.30. The molecule has 2 aromatic heterocycles. The number of rotatable bonds is 4. The smallest absolute Gasteiger partial charge is 0.0571 e. The van der Waals surface area contributed by atoms with Crippen molar-refractivity contribution in [3.8, 4) is 0 Å². The van der Waals surface area contributed by atoms with Crippen molar-refractivity contribution in [2.24, 2.45) is 12.8 Å². The van der Waals surface area contributed by atoms with Gasteiger partial charge in [0, 0.05) is 35.6 Å². The molecule has 17 heavy (non-hydrogen) atoms. The molecule has 0 amide bonds. The Labute approximate surface area is 109 Å². The molecule has 0 spiro atoms. The molecule has 0 aliphatic carbocycles. The summed E-state index contributed by atoms with van der Waals surface area (Å²) in [6, 6.07) is 5.91. The number of aryl methyl sites for hydroxylation is 2. The van der Waals surface area contributed by atoms with Gasteiger partial charge in [-0.15, -0.1) is 0 Å². The van der Waals surface area contributed by atoms with Crippen molar-refractivity contribution in [3.63, 3.8) is 0 Å². The molecule has 2 rings (SSSR count). The largest absolute Gasteiger partial charge is 0.323 e. The summed E-state index contributed by atoms with van der Waals surface area (Å²) in [7, 11) is 1.94. The number of nitrogens with two attached hydrogens (primary N) is 1. The van der Waals surface area contributed by atoms with Crippen LogP contribution in [0.15, 0.2) is 35.1 Å². The van der Waals surface area contributed by atoms with Gasteiger partial charge in [0.25, 0.3) is 0 Å². The van der Waals surface area contributed by atoms with E-state index in [0.717, 1.165) is 23.0 Å². The van der Waals surface area contributed by atoms with E-state index < -0.39 is 0 Å². The van der Waals surface area contributed by atoms with Crippen LogP contribution in [0.3, 0.4) is 0 Å². The molecule has 0 radical (unpaired) electrons. The average Bonchev–Trinajstić information content (AvgIpc) is 2.73. The van der Waals surface area contributed by atoms with Crippen molar-refractivity contribution in [1.82, 2.24) is 14.8 Å². The van der Waals surface area contributed by atoms with Crippen LogP contribution in [0.1, 0.15) is 23.9 Å². The average molecular weight is 295 g/mol. The Morgan fingerprint density at radius 2 is 2.24 bits per heavy atom. The highest BCUT2D eigenvalue weighted by molar-refractivity contribution is 9.10. The van der Waals surface area contributed by atoms with Crippen molar-refractivity contribution in [2.75, 3.05) is 0 Å². The van der Waals surface area contributed by atoms with E-state index in [-0.39, 0.29) is 6.04 Å². The second-order valence-electron chi connectivity index (χ2n) is 3.99. The predicted molar refractivity (Wildman–Crippen MR) is 70.4 cm³/mol. The Bertz CT molecular complexity index is 478. The van der Waals surface area contributed by atoms with E-state index in [0.29, 0.717) is 0 Å². The molecule has 1 atom stereocenters. The molecule has 1 unspecified atom stereocenters. The molecule has 0 saturated carbocycles. The summed E-state index contributed by atoms with van der Waals surface area (Å²) in [5.74, 6) is 0. The van der Waals surface area contributed by atoms with E-state index in [1.165, 1.54) is 5.69 Å². The third-order valence-corrected chi connectivity index (χ3v) is 3.23. The van der Waals surface area contributed by atoms with Crippen LogP contribution in [0.2, 0.25) is 0 Å². The molecule has 2 aromatic rings. The number of hydrogen-bond acceptors (Lipinski definition) is 3. The number of halogens is 1. The van der Waals surface area contributed by atoms with Crippen LogP contribution in [-0.2, 0) is 13.5 Å². The fraction of sp³-hybridized carbons (Fsp3) is 0.333. The molecule has 0 aliphatic rings. The molecule has 90 valence electrons. The lowest BCUT2D eigenvalue weighted by atomic mass is 10.1. The SMILES string of the molecule is Cn1nccc1CCC(N)c1ccc(Br)cn1. The van der Waals surface area contributed by atoms with Crippen LogP contribution < -0.4 is 5.73 Å². The second kappa shape index (κ2) is 5.42. The van der Waals surface area contributed by atoms with Crippen LogP contribution in [0, 0.1) is 0 Å². The van der Waals surface area contributed by atoms with Crippen LogP contribution in [0.4, 0.5) is 0 Å².